The first-order valence-electron chi connectivity index (χ1n) is 10.7. The summed E-state index contributed by atoms with van der Waals surface area (Å²) in [6.07, 6.45) is 2.88. The number of piperidine rings is 1. The van der Waals surface area contributed by atoms with Gasteiger partial charge < -0.3 is 9.42 Å². The molecular formula is C23H26N4O4S2. The number of hydrogen-bond donors (Lipinski definition) is 0. The Balaban J connectivity index is 1.47. The van der Waals surface area contributed by atoms with Gasteiger partial charge in [0, 0.05) is 19.6 Å². The predicted octanol–water partition coefficient (Wildman–Crippen LogP) is 3.72. The molecule has 1 amide bonds. The minimum atomic E-state index is -3.66. The van der Waals surface area contributed by atoms with E-state index in [4.69, 9.17) is 4.52 Å². The third-order valence-electron chi connectivity index (χ3n) is 5.59. The fraction of sp³-hybridized carbons (Fsp3) is 0.348. The second-order valence-electron chi connectivity index (χ2n) is 8.01. The molecule has 0 N–H and O–H groups in total. The van der Waals surface area contributed by atoms with Crippen molar-refractivity contribution in [2.75, 3.05) is 19.6 Å². The lowest BCUT2D eigenvalue weighted by molar-refractivity contribution is -0.137. The van der Waals surface area contributed by atoms with Crippen molar-refractivity contribution >= 4 is 27.3 Å². The van der Waals surface area contributed by atoms with Crippen LogP contribution in [0.1, 0.15) is 24.3 Å². The van der Waals surface area contributed by atoms with E-state index < -0.39 is 15.9 Å². The molecule has 0 radical (unpaired) electrons. The van der Waals surface area contributed by atoms with Crippen molar-refractivity contribution in [1.29, 1.82) is 0 Å². The third kappa shape index (κ3) is 5.23. The van der Waals surface area contributed by atoms with Gasteiger partial charge in [-0.1, -0.05) is 35.0 Å². The maximum Gasteiger partial charge on any atom is 0.246 e. The van der Waals surface area contributed by atoms with Crippen molar-refractivity contribution in [3.8, 4) is 10.7 Å². The Morgan fingerprint density at radius 3 is 2.82 bits per heavy atom. The molecule has 0 spiro atoms. The van der Waals surface area contributed by atoms with Crippen LogP contribution in [0.25, 0.3) is 10.7 Å². The summed E-state index contributed by atoms with van der Waals surface area (Å²) < 4.78 is 33.0. The molecule has 3 aromatic rings. The van der Waals surface area contributed by atoms with Gasteiger partial charge >= 0.3 is 0 Å². The number of thiophene rings is 1. The molecule has 1 aliphatic rings. The fourth-order valence-electron chi connectivity index (χ4n) is 3.86. The van der Waals surface area contributed by atoms with Gasteiger partial charge in [0.05, 0.1) is 15.7 Å². The highest BCUT2D eigenvalue weighted by molar-refractivity contribution is 7.89. The Morgan fingerprint density at radius 2 is 2.12 bits per heavy atom. The molecule has 33 heavy (non-hydrogen) atoms. The Bertz CT molecular complexity index is 1200. The van der Waals surface area contributed by atoms with Crippen molar-refractivity contribution in [2.45, 2.75) is 31.2 Å². The van der Waals surface area contributed by atoms with Crippen LogP contribution in [-0.2, 0) is 21.4 Å². The summed E-state index contributed by atoms with van der Waals surface area (Å²) in [5.41, 5.74) is 0.990. The summed E-state index contributed by atoms with van der Waals surface area (Å²) in [6.45, 7) is 6.65. The molecule has 174 valence electrons. The SMILES string of the molecule is C=CCN(Cc1nc(-c2cccs2)no1)C(=O)[C@@H]1CCCN(S(=O)(=O)c2ccc(C)cc2)C1. The monoisotopic (exact) mass is 486 g/mol. The number of rotatable bonds is 8. The lowest BCUT2D eigenvalue weighted by atomic mass is 9.98. The summed E-state index contributed by atoms with van der Waals surface area (Å²) in [7, 11) is -3.66. The first kappa shape index (κ1) is 23.3. The van der Waals surface area contributed by atoms with Gasteiger partial charge in [0.15, 0.2) is 0 Å². The van der Waals surface area contributed by atoms with E-state index in [1.54, 1.807) is 35.2 Å². The van der Waals surface area contributed by atoms with Gasteiger partial charge in [-0.3, -0.25) is 4.79 Å². The molecule has 0 aliphatic carbocycles. The molecule has 1 aromatic carbocycles. The maximum atomic E-state index is 13.4. The molecule has 0 bridgehead atoms. The smallest absolute Gasteiger partial charge is 0.246 e. The van der Waals surface area contributed by atoms with Crippen molar-refractivity contribution in [1.82, 2.24) is 19.3 Å². The van der Waals surface area contributed by atoms with Crippen LogP contribution in [0.4, 0.5) is 0 Å². The molecule has 3 heterocycles. The van der Waals surface area contributed by atoms with Crippen LogP contribution in [0.5, 0.6) is 0 Å². The summed E-state index contributed by atoms with van der Waals surface area (Å²) >= 11 is 1.50. The van der Waals surface area contributed by atoms with Crippen LogP contribution in [0.15, 0.2) is 63.9 Å². The molecule has 0 saturated carbocycles. The predicted molar refractivity (Wildman–Crippen MR) is 126 cm³/mol. The van der Waals surface area contributed by atoms with Crippen LogP contribution < -0.4 is 0 Å². The standard InChI is InChI=1S/C23H26N4O4S2/c1-3-12-26(16-21-24-22(25-31-21)20-7-5-14-32-20)23(28)18-6-4-13-27(15-18)33(29,30)19-10-8-17(2)9-11-19/h3,5,7-11,14,18H,1,4,6,12-13,15-16H2,2H3/t18-/m1/s1. The van der Waals surface area contributed by atoms with Gasteiger partial charge in [0.1, 0.15) is 6.54 Å². The van der Waals surface area contributed by atoms with Gasteiger partial charge in [0.2, 0.25) is 27.6 Å². The molecule has 1 fully saturated rings. The van der Waals surface area contributed by atoms with E-state index in [1.165, 1.54) is 15.6 Å². The summed E-state index contributed by atoms with van der Waals surface area (Å²) in [4.78, 5) is 20.5. The number of nitrogens with zero attached hydrogens (tertiary/aromatic N) is 4. The quantitative estimate of drug-likeness (QED) is 0.450. The molecule has 4 rings (SSSR count). The summed E-state index contributed by atoms with van der Waals surface area (Å²) in [5, 5.41) is 5.93. The highest BCUT2D eigenvalue weighted by atomic mass is 32.2. The molecule has 2 aromatic heterocycles. The van der Waals surface area contributed by atoms with Crippen LogP contribution in [0.3, 0.4) is 0 Å². The summed E-state index contributed by atoms with van der Waals surface area (Å²) in [6, 6.07) is 10.6. The van der Waals surface area contributed by atoms with E-state index in [0.717, 1.165) is 10.4 Å². The first-order chi connectivity index (χ1) is 15.9. The topological polar surface area (TPSA) is 96.6 Å². The number of carbonyl (C=O) groups excluding carboxylic acids is 1. The Hall–Kier alpha value is -2.82. The largest absolute Gasteiger partial charge is 0.337 e. The van der Waals surface area contributed by atoms with E-state index >= 15 is 0 Å². The Labute approximate surface area is 197 Å². The minimum Gasteiger partial charge on any atom is -0.337 e. The lowest BCUT2D eigenvalue weighted by Gasteiger charge is -2.33. The van der Waals surface area contributed by atoms with Gasteiger partial charge in [-0.2, -0.15) is 9.29 Å². The number of aryl methyl sites for hydroxylation is 1. The van der Waals surface area contributed by atoms with Gasteiger partial charge in [-0.15, -0.1) is 17.9 Å². The number of carbonyl (C=O) groups is 1. The van der Waals surface area contributed by atoms with Crippen LogP contribution >= 0.6 is 11.3 Å². The van der Waals surface area contributed by atoms with Gasteiger partial charge in [0.25, 0.3) is 0 Å². The minimum absolute atomic E-state index is 0.143. The number of hydrogen-bond acceptors (Lipinski definition) is 7. The molecule has 10 heteroatoms. The molecule has 1 saturated heterocycles. The second-order valence-corrected chi connectivity index (χ2v) is 10.9. The van der Waals surface area contributed by atoms with E-state index in [-0.39, 0.29) is 23.9 Å². The number of sulfonamides is 1. The first-order valence-corrected chi connectivity index (χ1v) is 13.0. The van der Waals surface area contributed by atoms with Crippen molar-refractivity contribution in [3.63, 3.8) is 0 Å². The molecule has 8 nitrogen and oxygen atoms in total. The third-order valence-corrected chi connectivity index (χ3v) is 8.33. The average Bonchev–Trinajstić information content (AvgIpc) is 3.51. The van der Waals surface area contributed by atoms with E-state index in [2.05, 4.69) is 16.7 Å². The zero-order valence-electron chi connectivity index (χ0n) is 18.4. The van der Waals surface area contributed by atoms with Gasteiger partial charge in [-0.25, -0.2) is 8.42 Å². The highest BCUT2D eigenvalue weighted by Crippen LogP contribution is 2.26. The van der Waals surface area contributed by atoms with E-state index in [9.17, 15) is 13.2 Å². The Morgan fingerprint density at radius 1 is 1.33 bits per heavy atom. The molecule has 1 atom stereocenters. The van der Waals surface area contributed by atoms with Crippen molar-refractivity contribution in [3.05, 3.63) is 65.9 Å². The zero-order valence-corrected chi connectivity index (χ0v) is 20.0. The molecular weight excluding hydrogens is 460 g/mol. The van der Waals surface area contributed by atoms with E-state index in [1.807, 2.05) is 24.4 Å². The lowest BCUT2D eigenvalue weighted by Crippen LogP contribution is -2.46. The number of benzene rings is 1. The summed E-state index contributed by atoms with van der Waals surface area (Å²) in [5.74, 6) is 0.223. The Kier molecular flexibility index (Phi) is 7.06. The second kappa shape index (κ2) is 9.98. The number of aromatic nitrogens is 2. The maximum absolute atomic E-state index is 13.4. The van der Waals surface area contributed by atoms with Crippen molar-refractivity contribution in [2.24, 2.45) is 5.92 Å². The molecule has 1 aliphatic heterocycles. The van der Waals surface area contributed by atoms with E-state index in [0.29, 0.717) is 37.6 Å². The zero-order chi connectivity index (χ0) is 23.4. The number of amides is 1. The van der Waals surface area contributed by atoms with Crippen LogP contribution in [-0.4, -0.2) is 53.3 Å². The van der Waals surface area contributed by atoms with Crippen LogP contribution in [0.2, 0.25) is 0 Å². The molecule has 0 unspecified atom stereocenters. The normalized spacial score (nSPS) is 17.1. The van der Waals surface area contributed by atoms with Crippen molar-refractivity contribution < 1.29 is 17.7 Å². The fourth-order valence-corrected chi connectivity index (χ4v) is 6.03. The average molecular weight is 487 g/mol. The highest BCUT2D eigenvalue weighted by Gasteiger charge is 2.35. The van der Waals surface area contributed by atoms with Crippen LogP contribution in [0, 0.1) is 12.8 Å². The van der Waals surface area contributed by atoms with Gasteiger partial charge in [-0.05, 0) is 43.3 Å².